The van der Waals surface area contributed by atoms with Crippen molar-refractivity contribution < 1.29 is 4.92 Å². The highest BCUT2D eigenvalue weighted by Gasteiger charge is 2.13. The van der Waals surface area contributed by atoms with Crippen molar-refractivity contribution in [1.29, 1.82) is 0 Å². The Kier molecular flexibility index (Phi) is 5.22. The van der Waals surface area contributed by atoms with E-state index in [9.17, 15) is 10.1 Å². The van der Waals surface area contributed by atoms with Gasteiger partial charge in [0.25, 0.3) is 5.69 Å². The van der Waals surface area contributed by atoms with Gasteiger partial charge in [-0.25, -0.2) is 0 Å². The van der Waals surface area contributed by atoms with Crippen LogP contribution < -0.4 is 5.32 Å². The third kappa shape index (κ3) is 4.23. The maximum atomic E-state index is 10.7. The van der Waals surface area contributed by atoms with Gasteiger partial charge in [-0.3, -0.25) is 10.1 Å². The fourth-order valence-electron chi connectivity index (χ4n) is 1.61. The summed E-state index contributed by atoms with van der Waals surface area (Å²) in [6, 6.07) is 5.09. The summed E-state index contributed by atoms with van der Waals surface area (Å²) >= 11 is 5.74. The molecule has 1 aromatic rings. The van der Waals surface area contributed by atoms with Crippen molar-refractivity contribution in [3.63, 3.8) is 0 Å². The van der Waals surface area contributed by atoms with Gasteiger partial charge in [-0.15, -0.1) is 0 Å². The largest absolute Gasteiger partial charge is 0.382 e. The Morgan fingerprint density at radius 3 is 2.82 bits per heavy atom. The molecule has 0 aromatic heterocycles. The van der Waals surface area contributed by atoms with Crippen molar-refractivity contribution in [2.75, 3.05) is 5.32 Å². The molecule has 1 aromatic carbocycles. The fourth-order valence-corrected chi connectivity index (χ4v) is 1.80. The molecular formula is C12H17ClN2O2. The molecule has 0 saturated carbocycles. The van der Waals surface area contributed by atoms with Crippen LogP contribution in [0, 0.1) is 10.1 Å². The van der Waals surface area contributed by atoms with Crippen LogP contribution in [0.25, 0.3) is 0 Å². The van der Waals surface area contributed by atoms with Crippen LogP contribution in [0.2, 0.25) is 5.02 Å². The van der Waals surface area contributed by atoms with E-state index in [1.165, 1.54) is 6.07 Å². The van der Waals surface area contributed by atoms with Gasteiger partial charge in [0.15, 0.2) is 0 Å². The standard InChI is InChI=1S/C12H17ClN2O2/c1-3-4-5-9(2)14-10-6-7-11(13)12(8-10)15(16)17/h6-9,14H,3-5H2,1-2H3. The number of hydrogen-bond donors (Lipinski definition) is 1. The van der Waals surface area contributed by atoms with Crippen LogP contribution in [0.1, 0.15) is 33.1 Å². The van der Waals surface area contributed by atoms with Gasteiger partial charge >= 0.3 is 0 Å². The first-order valence-corrected chi connectivity index (χ1v) is 6.13. The topological polar surface area (TPSA) is 55.2 Å². The van der Waals surface area contributed by atoms with Gasteiger partial charge in [-0.2, -0.15) is 0 Å². The van der Waals surface area contributed by atoms with Gasteiger partial charge < -0.3 is 5.32 Å². The number of nitro groups is 1. The van der Waals surface area contributed by atoms with Gasteiger partial charge in [0.2, 0.25) is 0 Å². The first-order valence-electron chi connectivity index (χ1n) is 5.75. The Morgan fingerprint density at radius 1 is 1.53 bits per heavy atom. The fraction of sp³-hybridized carbons (Fsp3) is 0.500. The molecule has 0 heterocycles. The molecule has 94 valence electrons. The van der Waals surface area contributed by atoms with Gasteiger partial charge in [-0.1, -0.05) is 31.4 Å². The zero-order chi connectivity index (χ0) is 12.8. The lowest BCUT2D eigenvalue weighted by atomic mass is 10.1. The summed E-state index contributed by atoms with van der Waals surface area (Å²) in [7, 11) is 0. The summed E-state index contributed by atoms with van der Waals surface area (Å²) in [4.78, 5) is 10.3. The van der Waals surface area contributed by atoms with Crippen LogP contribution in [0.3, 0.4) is 0 Å². The molecule has 4 nitrogen and oxygen atoms in total. The molecule has 1 N–H and O–H groups in total. The Balaban J connectivity index is 2.72. The first-order chi connectivity index (χ1) is 8.04. The van der Waals surface area contributed by atoms with E-state index in [0.29, 0.717) is 6.04 Å². The minimum Gasteiger partial charge on any atom is -0.382 e. The summed E-state index contributed by atoms with van der Waals surface area (Å²) in [5.41, 5.74) is 0.684. The summed E-state index contributed by atoms with van der Waals surface area (Å²) < 4.78 is 0. The predicted molar refractivity (Wildman–Crippen MR) is 70.7 cm³/mol. The summed E-state index contributed by atoms with van der Waals surface area (Å²) in [6.07, 6.45) is 3.34. The number of halogens is 1. The maximum Gasteiger partial charge on any atom is 0.289 e. The van der Waals surface area contributed by atoms with Crippen molar-refractivity contribution in [3.05, 3.63) is 33.3 Å². The smallest absolute Gasteiger partial charge is 0.289 e. The number of anilines is 1. The van der Waals surface area contributed by atoms with Crippen molar-refractivity contribution in [3.8, 4) is 0 Å². The van der Waals surface area contributed by atoms with E-state index in [1.54, 1.807) is 12.1 Å². The van der Waals surface area contributed by atoms with Crippen molar-refractivity contribution in [2.24, 2.45) is 0 Å². The minimum atomic E-state index is -0.468. The number of rotatable bonds is 6. The minimum absolute atomic E-state index is 0.0561. The van der Waals surface area contributed by atoms with Crippen LogP contribution in [0.4, 0.5) is 11.4 Å². The molecule has 1 unspecified atom stereocenters. The summed E-state index contributed by atoms with van der Waals surface area (Å²) in [5.74, 6) is 0. The van der Waals surface area contributed by atoms with Crippen LogP contribution in [-0.4, -0.2) is 11.0 Å². The second kappa shape index (κ2) is 6.45. The zero-order valence-corrected chi connectivity index (χ0v) is 10.8. The Morgan fingerprint density at radius 2 is 2.24 bits per heavy atom. The molecule has 0 aliphatic heterocycles. The Bertz CT molecular complexity index is 396. The Hall–Kier alpha value is -1.29. The SMILES string of the molecule is CCCCC(C)Nc1ccc(Cl)c([N+](=O)[O-])c1. The highest BCUT2D eigenvalue weighted by Crippen LogP contribution is 2.27. The van der Waals surface area contributed by atoms with Gasteiger partial charge in [0, 0.05) is 17.8 Å². The summed E-state index contributed by atoms with van der Waals surface area (Å²) in [6.45, 7) is 4.20. The average molecular weight is 257 g/mol. The number of nitrogens with one attached hydrogen (secondary N) is 1. The molecule has 0 spiro atoms. The lowest BCUT2D eigenvalue weighted by Gasteiger charge is -2.14. The van der Waals surface area contributed by atoms with E-state index < -0.39 is 4.92 Å². The predicted octanol–water partition coefficient (Wildman–Crippen LogP) is 4.24. The van der Waals surface area contributed by atoms with Crippen molar-refractivity contribution in [1.82, 2.24) is 0 Å². The third-order valence-electron chi connectivity index (χ3n) is 2.55. The molecule has 0 radical (unpaired) electrons. The summed E-state index contributed by atoms with van der Waals surface area (Å²) in [5, 5.41) is 14.1. The highest BCUT2D eigenvalue weighted by molar-refractivity contribution is 6.32. The van der Waals surface area contributed by atoms with Gasteiger partial charge in [0.05, 0.1) is 4.92 Å². The number of hydrogen-bond acceptors (Lipinski definition) is 3. The highest BCUT2D eigenvalue weighted by atomic mass is 35.5. The maximum absolute atomic E-state index is 10.7. The van der Waals surface area contributed by atoms with Crippen LogP contribution in [-0.2, 0) is 0 Å². The molecule has 0 bridgehead atoms. The van der Waals surface area contributed by atoms with E-state index in [4.69, 9.17) is 11.6 Å². The molecule has 1 atom stereocenters. The number of nitro benzene ring substituents is 1. The van der Waals surface area contributed by atoms with E-state index in [1.807, 2.05) is 0 Å². The van der Waals surface area contributed by atoms with Gasteiger partial charge in [0.1, 0.15) is 5.02 Å². The first kappa shape index (κ1) is 13.8. The van der Waals surface area contributed by atoms with Crippen LogP contribution in [0.5, 0.6) is 0 Å². The normalized spacial score (nSPS) is 12.2. The van der Waals surface area contributed by atoms with E-state index >= 15 is 0 Å². The third-order valence-corrected chi connectivity index (χ3v) is 2.87. The molecule has 0 fully saturated rings. The molecule has 17 heavy (non-hydrogen) atoms. The molecule has 5 heteroatoms. The molecule has 0 saturated heterocycles. The number of benzene rings is 1. The molecule has 1 rings (SSSR count). The molecule has 0 amide bonds. The molecular weight excluding hydrogens is 240 g/mol. The molecule has 0 aliphatic rings. The lowest BCUT2D eigenvalue weighted by Crippen LogP contribution is -2.14. The average Bonchev–Trinajstić information content (AvgIpc) is 2.28. The van der Waals surface area contributed by atoms with E-state index in [2.05, 4.69) is 19.2 Å². The Labute approximate surface area is 106 Å². The number of nitrogens with zero attached hydrogens (tertiary/aromatic N) is 1. The lowest BCUT2D eigenvalue weighted by molar-refractivity contribution is -0.384. The van der Waals surface area contributed by atoms with E-state index in [-0.39, 0.29) is 10.7 Å². The van der Waals surface area contributed by atoms with Gasteiger partial charge in [-0.05, 0) is 25.5 Å². The monoisotopic (exact) mass is 256 g/mol. The van der Waals surface area contributed by atoms with Crippen LogP contribution in [0.15, 0.2) is 18.2 Å². The second-order valence-electron chi connectivity index (χ2n) is 4.11. The van der Waals surface area contributed by atoms with Crippen molar-refractivity contribution >= 4 is 23.0 Å². The van der Waals surface area contributed by atoms with E-state index in [0.717, 1.165) is 24.9 Å². The molecule has 0 aliphatic carbocycles. The zero-order valence-electron chi connectivity index (χ0n) is 10.1. The number of unbranched alkanes of at least 4 members (excludes halogenated alkanes) is 1. The quantitative estimate of drug-likeness (QED) is 0.612. The van der Waals surface area contributed by atoms with Crippen LogP contribution >= 0.6 is 11.6 Å². The second-order valence-corrected chi connectivity index (χ2v) is 4.52. The van der Waals surface area contributed by atoms with Crippen molar-refractivity contribution in [2.45, 2.75) is 39.2 Å².